The first-order chi connectivity index (χ1) is 10.6. The summed E-state index contributed by atoms with van der Waals surface area (Å²) in [6, 6.07) is 6.67. The minimum atomic E-state index is -3.98. The number of halogens is 3. The number of aryl methyl sites for hydroxylation is 1. The molecule has 2 rings (SSSR count). The van der Waals surface area contributed by atoms with Gasteiger partial charge in [0.25, 0.3) is 10.0 Å². The van der Waals surface area contributed by atoms with Crippen LogP contribution >= 0.6 is 34.8 Å². The van der Waals surface area contributed by atoms with E-state index in [1.54, 1.807) is 6.92 Å². The van der Waals surface area contributed by atoms with Gasteiger partial charge < -0.3 is 5.73 Å². The Morgan fingerprint density at radius 3 is 2.26 bits per heavy atom. The fourth-order valence-corrected chi connectivity index (χ4v) is 3.58. The van der Waals surface area contributed by atoms with Crippen LogP contribution in [0.2, 0.25) is 15.1 Å². The van der Waals surface area contributed by atoms with Gasteiger partial charge in [-0.25, -0.2) is 8.42 Å². The van der Waals surface area contributed by atoms with Crippen molar-refractivity contribution in [3.8, 4) is 0 Å². The molecule has 0 atom stereocenters. The molecular weight excluding hydrogens is 383 g/mol. The number of hydrogen-bond donors (Lipinski definition) is 2. The van der Waals surface area contributed by atoms with Crippen molar-refractivity contribution in [3.05, 3.63) is 56.5 Å². The van der Waals surface area contributed by atoms with Crippen LogP contribution < -0.4 is 10.5 Å². The summed E-state index contributed by atoms with van der Waals surface area (Å²) in [5.41, 5.74) is 6.00. The summed E-state index contributed by atoms with van der Waals surface area (Å²) in [5.74, 6) is -0.716. The molecule has 0 aliphatic rings. The highest BCUT2D eigenvalue weighted by molar-refractivity contribution is 7.92. The average Bonchev–Trinajstić information content (AvgIpc) is 2.44. The van der Waals surface area contributed by atoms with E-state index in [4.69, 9.17) is 40.5 Å². The summed E-state index contributed by atoms with van der Waals surface area (Å²) in [6.07, 6.45) is 0. The molecule has 2 aromatic carbocycles. The van der Waals surface area contributed by atoms with Gasteiger partial charge in [0.15, 0.2) is 0 Å². The van der Waals surface area contributed by atoms with Crippen molar-refractivity contribution in [1.82, 2.24) is 0 Å². The van der Waals surface area contributed by atoms with E-state index in [1.165, 1.54) is 30.3 Å². The monoisotopic (exact) mass is 392 g/mol. The molecule has 0 heterocycles. The second kappa shape index (κ2) is 6.57. The molecule has 0 saturated heterocycles. The minimum Gasteiger partial charge on any atom is -0.366 e. The summed E-state index contributed by atoms with van der Waals surface area (Å²) in [6.45, 7) is 1.65. The van der Waals surface area contributed by atoms with Crippen molar-refractivity contribution in [3.63, 3.8) is 0 Å². The lowest BCUT2D eigenvalue weighted by atomic mass is 10.1. The Bertz CT molecular complexity index is 898. The zero-order chi connectivity index (χ0) is 17.4. The first kappa shape index (κ1) is 17.9. The number of carbonyl (C=O) groups excluding carboxylic acids is 1. The molecule has 0 fully saturated rings. The smallest absolute Gasteiger partial charge is 0.261 e. The van der Waals surface area contributed by atoms with E-state index in [0.717, 1.165) is 0 Å². The Morgan fingerprint density at radius 2 is 1.65 bits per heavy atom. The highest BCUT2D eigenvalue weighted by Crippen LogP contribution is 2.33. The molecule has 3 N–H and O–H groups in total. The fourth-order valence-electron chi connectivity index (χ4n) is 1.84. The molecule has 0 spiro atoms. The van der Waals surface area contributed by atoms with Gasteiger partial charge in [0.2, 0.25) is 5.91 Å². The molecule has 0 aliphatic heterocycles. The van der Waals surface area contributed by atoms with Crippen LogP contribution in [0.1, 0.15) is 15.9 Å². The van der Waals surface area contributed by atoms with Crippen LogP contribution in [0.3, 0.4) is 0 Å². The van der Waals surface area contributed by atoms with Crippen molar-refractivity contribution < 1.29 is 13.2 Å². The second-order valence-corrected chi connectivity index (χ2v) is 7.60. The number of rotatable bonds is 4. The standard InChI is InChI=1S/C14H11Cl3N2O3S/c1-7-2-3-8(4-9(7)14(18)20)23(21,22)19-13-6-11(16)10(15)5-12(13)17/h2-6,19H,1H3,(H2,18,20). The van der Waals surface area contributed by atoms with Crippen LogP contribution in [0, 0.1) is 6.92 Å². The summed E-state index contributed by atoms with van der Waals surface area (Å²) >= 11 is 17.6. The van der Waals surface area contributed by atoms with E-state index in [0.29, 0.717) is 5.56 Å². The van der Waals surface area contributed by atoms with Crippen molar-refractivity contribution in [1.29, 1.82) is 0 Å². The van der Waals surface area contributed by atoms with Gasteiger partial charge in [-0.05, 0) is 36.8 Å². The number of sulfonamides is 1. The summed E-state index contributed by atoms with van der Waals surface area (Å²) in [7, 11) is -3.98. The van der Waals surface area contributed by atoms with Crippen LogP contribution in [-0.2, 0) is 10.0 Å². The Morgan fingerprint density at radius 1 is 1.04 bits per heavy atom. The van der Waals surface area contributed by atoms with Gasteiger partial charge in [0, 0.05) is 5.56 Å². The molecule has 0 unspecified atom stereocenters. The maximum atomic E-state index is 12.4. The fraction of sp³-hybridized carbons (Fsp3) is 0.0714. The second-order valence-electron chi connectivity index (χ2n) is 4.69. The molecule has 1 amide bonds. The molecule has 2 aromatic rings. The molecular formula is C14H11Cl3N2O3S. The number of carbonyl (C=O) groups is 1. The van der Waals surface area contributed by atoms with Gasteiger partial charge in [-0.2, -0.15) is 0 Å². The largest absolute Gasteiger partial charge is 0.366 e. The Labute approximate surface area is 148 Å². The number of hydrogen-bond acceptors (Lipinski definition) is 3. The van der Waals surface area contributed by atoms with Crippen LogP contribution in [0.4, 0.5) is 5.69 Å². The topological polar surface area (TPSA) is 89.3 Å². The average molecular weight is 394 g/mol. The van der Waals surface area contributed by atoms with Crippen molar-refractivity contribution in [2.24, 2.45) is 5.73 Å². The highest BCUT2D eigenvalue weighted by Gasteiger charge is 2.19. The zero-order valence-corrected chi connectivity index (χ0v) is 14.8. The number of benzene rings is 2. The maximum absolute atomic E-state index is 12.4. The molecule has 9 heteroatoms. The lowest BCUT2D eigenvalue weighted by molar-refractivity contribution is 0.0999. The highest BCUT2D eigenvalue weighted by atomic mass is 35.5. The molecule has 5 nitrogen and oxygen atoms in total. The first-order valence-electron chi connectivity index (χ1n) is 6.19. The number of anilines is 1. The molecule has 0 radical (unpaired) electrons. The van der Waals surface area contributed by atoms with Gasteiger partial charge in [-0.1, -0.05) is 40.9 Å². The number of amides is 1. The third-order valence-electron chi connectivity index (χ3n) is 3.04. The van der Waals surface area contributed by atoms with E-state index in [2.05, 4.69) is 4.72 Å². The molecule has 0 bridgehead atoms. The Hall–Kier alpha value is -1.47. The predicted octanol–water partition coefficient (Wildman–Crippen LogP) is 3.85. The predicted molar refractivity (Wildman–Crippen MR) is 92.0 cm³/mol. The minimum absolute atomic E-state index is 0.0715. The van der Waals surface area contributed by atoms with Crippen LogP contribution in [0.15, 0.2) is 35.2 Å². The van der Waals surface area contributed by atoms with Crippen molar-refractivity contribution in [2.75, 3.05) is 4.72 Å². The molecule has 122 valence electrons. The van der Waals surface area contributed by atoms with Gasteiger partial charge in [-0.3, -0.25) is 9.52 Å². The lowest BCUT2D eigenvalue weighted by Crippen LogP contribution is -2.17. The van der Waals surface area contributed by atoms with E-state index >= 15 is 0 Å². The van der Waals surface area contributed by atoms with Crippen molar-refractivity contribution >= 4 is 56.4 Å². The number of primary amides is 1. The van der Waals surface area contributed by atoms with E-state index in [-0.39, 0.29) is 31.2 Å². The van der Waals surface area contributed by atoms with E-state index in [1.807, 2.05) is 0 Å². The number of nitrogens with one attached hydrogen (secondary N) is 1. The van der Waals surface area contributed by atoms with Gasteiger partial charge >= 0.3 is 0 Å². The number of nitrogens with two attached hydrogens (primary N) is 1. The quantitative estimate of drug-likeness (QED) is 0.773. The Balaban J connectivity index is 2.46. The third kappa shape index (κ3) is 3.90. The van der Waals surface area contributed by atoms with Crippen molar-refractivity contribution in [2.45, 2.75) is 11.8 Å². The summed E-state index contributed by atoms with van der Waals surface area (Å²) < 4.78 is 27.2. The maximum Gasteiger partial charge on any atom is 0.261 e. The summed E-state index contributed by atoms with van der Waals surface area (Å²) in [5, 5.41) is 0.437. The zero-order valence-electron chi connectivity index (χ0n) is 11.7. The third-order valence-corrected chi connectivity index (χ3v) is 5.44. The Kier molecular flexibility index (Phi) is 5.10. The van der Waals surface area contributed by atoms with Crippen LogP contribution in [0.5, 0.6) is 0 Å². The van der Waals surface area contributed by atoms with Crippen LogP contribution in [0.25, 0.3) is 0 Å². The molecule has 23 heavy (non-hydrogen) atoms. The van der Waals surface area contributed by atoms with E-state index < -0.39 is 15.9 Å². The van der Waals surface area contributed by atoms with E-state index in [9.17, 15) is 13.2 Å². The van der Waals surface area contributed by atoms with Gasteiger partial charge in [-0.15, -0.1) is 0 Å². The molecule has 0 aromatic heterocycles. The van der Waals surface area contributed by atoms with Gasteiger partial charge in [0.05, 0.1) is 25.7 Å². The molecule has 0 aliphatic carbocycles. The normalized spacial score (nSPS) is 11.3. The molecule has 0 saturated carbocycles. The SMILES string of the molecule is Cc1ccc(S(=O)(=O)Nc2cc(Cl)c(Cl)cc2Cl)cc1C(N)=O. The first-order valence-corrected chi connectivity index (χ1v) is 8.81. The van der Waals surface area contributed by atoms with Crippen LogP contribution in [-0.4, -0.2) is 14.3 Å². The lowest BCUT2D eigenvalue weighted by Gasteiger charge is -2.12. The van der Waals surface area contributed by atoms with Gasteiger partial charge in [0.1, 0.15) is 0 Å². The summed E-state index contributed by atoms with van der Waals surface area (Å²) in [4.78, 5) is 11.2.